The zero-order valence-corrected chi connectivity index (χ0v) is 9.17. The fourth-order valence-electron chi connectivity index (χ4n) is 1.29. The first-order chi connectivity index (χ1) is 7.56. The number of rotatable bonds is 4. The molecule has 0 radical (unpaired) electrons. The summed E-state index contributed by atoms with van der Waals surface area (Å²) in [6, 6.07) is 1.10. The van der Waals surface area contributed by atoms with Crippen LogP contribution in [0.3, 0.4) is 0 Å². The van der Waals surface area contributed by atoms with Crippen LogP contribution in [0.5, 0.6) is 0 Å². The van der Waals surface area contributed by atoms with Crippen LogP contribution in [0.2, 0.25) is 0 Å². The van der Waals surface area contributed by atoms with Gasteiger partial charge in [-0.25, -0.2) is 14.2 Å². The number of hydrogen-bond donors (Lipinski definition) is 0. The Morgan fingerprint density at radius 3 is 2.88 bits per heavy atom. The second-order valence-electron chi connectivity index (χ2n) is 3.47. The van der Waals surface area contributed by atoms with Gasteiger partial charge in [0.2, 0.25) is 5.95 Å². The molecule has 88 valence electrons. The highest BCUT2D eigenvalue weighted by atomic mass is 19.2. The molecule has 1 heterocycles. The van der Waals surface area contributed by atoms with E-state index in [9.17, 15) is 13.6 Å². The van der Waals surface area contributed by atoms with E-state index in [1.54, 1.807) is 6.92 Å². The molecule has 1 atom stereocenters. The highest BCUT2D eigenvalue weighted by Gasteiger charge is 2.19. The van der Waals surface area contributed by atoms with E-state index < -0.39 is 23.3 Å². The molecule has 0 spiro atoms. The van der Waals surface area contributed by atoms with Crippen LogP contribution in [0.15, 0.2) is 12.3 Å². The Balaban J connectivity index is 2.77. The summed E-state index contributed by atoms with van der Waals surface area (Å²) in [5.41, 5.74) is -0.421. The summed E-state index contributed by atoms with van der Waals surface area (Å²) in [6.07, 6.45) is 2.25. The van der Waals surface area contributed by atoms with Gasteiger partial charge >= 0.3 is 5.97 Å². The quantitative estimate of drug-likeness (QED) is 0.588. The van der Waals surface area contributed by atoms with Crippen molar-refractivity contribution in [1.82, 2.24) is 4.98 Å². The van der Waals surface area contributed by atoms with Crippen LogP contribution in [0.25, 0.3) is 0 Å². The van der Waals surface area contributed by atoms with Gasteiger partial charge in [-0.05, 0) is 19.4 Å². The van der Waals surface area contributed by atoms with Crippen LogP contribution in [0.1, 0.15) is 37.0 Å². The van der Waals surface area contributed by atoms with Crippen molar-refractivity contribution in [2.45, 2.75) is 32.8 Å². The van der Waals surface area contributed by atoms with E-state index in [0.29, 0.717) is 6.42 Å². The topological polar surface area (TPSA) is 39.2 Å². The maximum atomic E-state index is 13.1. The second-order valence-corrected chi connectivity index (χ2v) is 3.47. The minimum absolute atomic E-state index is 0.312. The lowest BCUT2D eigenvalue weighted by atomic mass is 10.2. The van der Waals surface area contributed by atoms with Gasteiger partial charge in [0.1, 0.15) is 5.56 Å². The zero-order valence-electron chi connectivity index (χ0n) is 9.17. The van der Waals surface area contributed by atoms with E-state index in [4.69, 9.17) is 4.74 Å². The Morgan fingerprint density at radius 2 is 2.25 bits per heavy atom. The summed E-state index contributed by atoms with van der Waals surface area (Å²) < 4.78 is 30.8. The highest BCUT2D eigenvalue weighted by Crippen LogP contribution is 2.12. The van der Waals surface area contributed by atoms with Crippen molar-refractivity contribution in [3.63, 3.8) is 0 Å². The molecule has 0 fully saturated rings. The highest BCUT2D eigenvalue weighted by molar-refractivity contribution is 5.89. The van der Waals surface area contributed by atoms with Gasteiger partial charge in [0, 0.05) is 6.20 Å². The number of ether oxygens (including phenoxy) is 1. The fourth-order valence-corrected chi connectivity index (χ4v) is 1.29. The van der Waals surface area contributed by atoms with Gasteiger partial charge in [-0.2, -0.15) is 4.39 Å². The average molecular weight is 229 g/mol. The largest absolute Gasteiger partial charge is 0.459 e. The molecule has 1 aromatic rings. The molecule has 0 N–H and O–H groups in total. The molecule has 0 amide bonds. The maximum absolute atomic E-state index is 13.1. The van der Waals surface area contributed by atoms with Gasteiger partial charge in [-0.1, -0.05) is 13.3 Å². The molecule has 1 rings (SSSR count). The van der Waals surface area contributed by atoms with Crippen molar-refractivity contribution >= 4 is 5.97 Å². The zero-order chi connectivity index (χ0) is 12.1. The van der Waals surface area contributed by atoms with E-state index in [0.717, 1.165) is 18.7 Å². The lowest BCUT2D eigenvalue weighted by Gasteiger charge is -2.12. The van der Waals surface area contributed by atoms with Crippen molar-refractivity contribution in [3.8, 4) is 0 Å². The van der Waals surface area contributed by atoms with Gasteiger partial charge in [-0.3, -0.25) is 0 Å². The lowest BCUT2D eigenvalue weighted by Crippen LogP contribution is -2.16. The third-order valence-electron chi connectivity index (χ3n) is 2.07. The monoisotopic (exact) mass is 229 g/mol. The normalized spacial score (nSPS) is 12.2. The summed E-state index contributed by atoms with van der Waals surface area (Å²) in [7, 11) is 0. The summed E-state index contributed by atoms with van der Waals surface area (Å²) in [5.74, 6) is -3.42. The van der Waals surface area contributed by atoms with Gasteiger partial charge < -0.3 is 4.74 Å². The number of pyridine rings is 1. The first-order valence-corrected chi connectivity index (χ1v) is 5.07. The number of nitrogens with zero attached hydrogens (tertiary/aromatic N) is 1. The molecule has 0 aromatic carbocycles. The standard InChI is InChI=1S/C11H13F2NO2/c1-3-4-7(2)16-11(15)8-5-6-14-10(13)9(8)12/h5-7H,3-4H2,1-2H3. The van der Waals surface area contributed by atoms with E-state index in [-0.39, 0.29) is 6.10 Å². The minimum atomic E-state index is -1.29. The predicted molar refractivity (Wildman–Crippen MR) is 53.9 cm³/mol. The first kappa shape index (κ1) is 12.5. The van der Waals surface area contributed by atoms with Gasteiger partial charge in [0.15, 0.2) is 5.82 Å². The third-order valence-corrected chi connectivity index (χ3v) is 2.07. The van der Waals surface area contributed by atoms with Gasteiger partial charge in [0.05, 0.1) is 6.10 Å². The molecular formula is C11H13F2NO2. The first-order valence-electron chi connectivity index (χ1n) is 5.07. The average Bonchev–Trinajstić information content (AvgIpc) is 2.22. The molecule has 0 bridgehead atoms. The van der Waals surface area contributed by atoms with Crippen molar-refractivity contribution in [3.05, 3.63) is 29.6 Å². The second kappa shape index (κ2) is 5.53. The number of halogens is 2. The van der Waals surface area contributed by atoms with Crippen molar-refractivity contribution in [1.29, 1.82) is 0 Å². The molecule has 5 heteroatoms. The Morgan fingerprint density at radius 1 is 1.56 bits per heavy atom. The van der Waals surface area contributed by atoms with E-state index in [2.05, 4.69) is 4.98 Å². The van der Waals surface area contributed by atoms with Crippen LogP contribution in [-0.2, 0) is 4.74 Å². The van der Waals surface area contributed by atoms with Crippen LogP contribution in [-0.4, -0.2) is 17.1 Å². The SMILES string of the molecule is CCCC(C)OC(=O)c1ccnc(F)c1F. The predicted octanol–water partition coefficient (Wildman–Crippen LogP) is 2.71. The van der Waals surface area contributed by atoms with Gasteiger partial charge in [0.25, 0.3) is 0 Å². The van der Waals surface area contributed by atoms with Crippen LogP contribution in [0, 0.1) is 11.8 Å². The molecule has 0 saturated carbocycles. The molecular weight excluding hydrogens is 216 g/mol. The summed E-state index contributed by atoms with van der Waals surface area (Å²) >= 11 is 0. The van der Waals surface area contributed by atoms with Crippen molar-refractivity contribution in [2.75, 3.05) is 0 Å². The van der Waals surface area contributed by atoms with E-state index >= 15 is 0 Å². The summed E-state index contributed by atoms with van der Waals surface area (Å²) in [5, 5.41) is 0. The van der Waals surface area contributed by atoms with E-state index in [1.165, 1.54) is 0 Å². The Bertz CT molecular complexity index is 382. The Kier molecular flexibility index (Phi) is 4.34. The molecule has 0 aliphatic heterocycles. The third kappa shape index (κ3) is 2.98. The number of aromatic nitrogens is 1. The van der Waals surface area contributed by atoms with Crippen molar-refractivity contribution in [2.24, 2.45) is 0 Å². The number of esters is 1. The van der Waals surface area contributed by atoms with Crippen LogP contribution >= 0.6 is 0 Å². The smallest absolute Gasteiger partial charge is 0.341 e. The molecule has 1 aromatic heterocycles. The summed E-state index contributed by atoms with van der Waals surface area (Å²) in [6.45, 7) is 3.65. The van der Waals surface area contributed by atoms with E-state index in [1.807, 2.05) is 6.92 Å². The number of hydrogen-bond acceptors (Lipinski definition) is 3. The lowest BCUT2D eigenvalue weighted by molar-refractivity contribution is 0.0316. The molecule has 16 heavy (non-hydrogen) atoms. The fraction of sp³-hybridized carbons (Fsp3) is 0.455. The molecule has 0 saturated heterocycles. The number of carbonyl (C=O) groups is 1. The molecule has 3 nitrogen and oxygen atoms in total. The Labute approximate surface area is 92.4 Å². The minimum Gasteiger partial charge on any atom is -0.459 e. The van der Waals surface area contributed by atoms with Crippen LogP contribution in [0.4, 0.5) is 8.78 Å². The number of carbonyl (C=O) groups excluding carboxylic acids is 1. The Hall–Kier alpha value is -1.52. The van der Waals surface area contributed by atoms with Gasteiger partial charge in [-0.15, -0.1) is 0 Å². The molecule has 1 unspecified atom stereocenters. The molecule has 0 aliphatic rings. The maximum Gasteiger partial charge on any atom is 0.341 e. The molecule has 0 aliphatic carbocycles. The van der Waals surface area contributed by atoms with Crippen LogP contribution < -0.4 is 0 Å². The van der Waals surface area contributed by atoms with Crippen molar-refractivity contribution < 1.29 is 18.3 Å². The summed E-state index contributed by atoms with van der Waals surface area (Å²) in [4.78, 5) is 14.5.